The molecule has 1 saturated carbocycles. The Balaban J connectivity index is 2.13. The van der Waals surface area contributed by atoms with Gasteiger partial charge in [0.2, 0.25) is 0 Å². The number of amidine groups is 1. The van der Waals surface area contributed by atoms with Crippen LogP contribution >= 0.6 is 0 Å². The van der Waals surface area contributed by atoms with Gasteiger partial charge in [-0.1, -0.05) is 26.7 Å². The van der Waals surface area contributed by atoms with Gasteiger partial charge in [0.1, 0.15) is 11.7 Å². The highest BCUT2D eigenvalue weighted by atomic mass is 15.2. The maximum Gasteiger partial charge on any atom is 0.128 e. The van der Waals surface area contributed by atoms with Gasteiger partial charge in [-0.3, -0.25) is 5.41 Å². The number of nitrogens with zero attached hydrogens (tertiary/aromatic N) is 2. The van der Waals surface area contributed by atoms with Crippen molar-refractivity contribution in [1.82, 2.24) is 4.98 Å². The molecular weight excluding hydrogens is 248 g/mol. The lowest BCUT2D eigenvalue weighted by Gasteiger charge is -2.31. The highest BCUT2D eigenvalue weighted by Gasteiger charge is 2.23. The Morgan fingerprint density at radius 3 is 2.60 bits per heavy atom. The Morgan fingerprint density at radius 2 is 2.10 bits per heavy atom. The molecule has 0 saturated heterocycles. The van der Waals surface area contributed by atoms with E-state index in [-0.39, 0.29) is 5.84 Å². The summed E-state index contributed by atoms with van der Waals surface area (Å²) in [5.41, 5.74) is 6.19. The van der Waals surface area contributed by atoms with Crippen LogP contribution in [-0.2, 0) is 0 Å². The first-order valence-electron chi connectivity index (χ1n) is 7.65. The molecule has 0 spiro atoms. The van der Waals surface area contributed by atoms with E-state index in [0.29, 0.717) is 17.5 Å². The molecule has 0 radical (unpaired) electrons. The minimum atomic E-state index is 0.0821. The van der Waals surface area contributed by atoms with Crippen LogP contribution in [0.15, 0.2) is 18.3 Å². The van der Waals surface area contributed by atoms with Crippen molar-refractivity contribution in [2.45, 2.75) is 52.0 Å². The second kappa shape index (κ2) is 6.73. The molecule has 0 atom stereocenters. The van der Waals surface area contributed by atoms with Crippen LogP contribution in [0, 0.1) is 11.3 Å². The van der Waals surface area contributed by atoms with Crippen LogP contribution in [0.5, 0.6) is 0 Å². The van der Waals surface area contributed by atoms with Crippen LogP contribution < -0.4 is 10.6 Å². The molecule has 0 unspecified atom stereocenters. The van der Waals surface area contributed by atoms with Crippen molar-refractivity contribution >= 4 is 11.7 Å². The molecule has 4 nitrogen and oxygen atoms in total. The number of nitrogens with two attached hydrogens (primary N) is 1. The first kappa shape index (κ1) is 14.8. The summed E-state index contributed by atoms with van der Waals surface area (Å²) >= 11 is 0. The summed E-state index contributed by atoms with van der Waals surface area (Å²) in [5, 5.41) is 7.44. The molecule has 0 bridgehead atoms. The molecule has 1 fully saturated rings. The average molecular weight is 274 g/mol. The lowest BCUT2D eigenvalue weighted by Crippen LogP contribution is -2.35. The molecule has 1 aromatic heterocycles. The molecule has 3 N–H and O–H groups in total. The van der Waals surface area contributed by atoms with Gasteiger partial charge in [0.05, 0.1) is 0 Å². The predicted octanol–water partition coefficient (Wildman–Crippen LogP) is 3.16. The van der Waals surface area contributed by atoms with Crippen LogP contribution in [-0.4, -0.2) is 23.4 Å². The number of pyridine rings is 1. The van der Waals surface area contributed by atoms with Crippen molar-refractivity contribution in [3.05, 3.63) is 23.9 Å². The standard InChI is InChI=1S/C16H26N4/c1-12(2)9-10-20(14-5-3-4-6-14)15-8-7-13(11-19-15)16(17)18/h7-8,11-12,14H,3-6,9-10H2,1-2H3,(H3,17,18). The topological polar surface area (TPSA) is 66.0 Å². The zero-order chi connectivity index (χ0) is 14.5. The Kier molecular flexibility index (Phi) is 4.99. The lowest BCUT2D eigenvalue weighted by atomic mass is 10.1. The number of hydrogen-bond donors (Lipinski definition) is 2. The van der Waals surface area contributed by atoms with Crippen molar-refractivity contribution in [3.8, 4) is 0 Å². The monoisotopic (exact) mass is 274 g/mol. The fraction of sp³-hybridized carbons (Fsp3) is 0.625. The summed E-state index contributed by atoms with van der Waals surface area (Å²) in [6, 6.07) is 4.54. The Labute approximate surface area is 121 Å². The highest BCUT2D eigenvalue weighted by Crippen LogP contribution is 2.27. The van der Waals surface area contributed by atoms with Crippen molar-refractivity contribution in [3.63, 3.8) is 0 Å². The third kappa shape index (κ3) is 3.71. The Morgan fingerprint density at radius 1 is 1.40 bits per heavy atom. The molecule has 1 aromatic rings. The molecule has 0 amide bonds. The number of hydrogen-bond acceptors (Lipinski definition) is 3. The van der Waals surface area contributed by atoms with Crippen molar-refractivity contribution in [1.29, 1.82) is 5.41 Å². The van der Waals surface area contributed by atoms with Crippen LogP contribution in [0.4, 0.5) is 5.82 Å². The van der Waals surface area contributed by atoms with Gasteiger partial charge in [0.25, 0.3) is 0 Å². The summed E-state index contributed by atoms with van der Waals surface area (Å²) in [6.45, 7) is 5.59. The van der Waals surface area contributed by atoms with E-state index < -0.39 is 0 Å². The summed E-state index contributed by atoms with van der Waals surface area (Å²) in [5.74, 6) is 1.82. The van der Waals surface area contributed by atoms with E-state index in [0.717, 1.165) is 12.4 Å². The van der Waals surface area contributed by atoms with E-state index >= 15 is 0 Å². The fourth-order valence-corrected chi connectivity index (χ4v) is 2.81. The SMILES string of the molecule is CC(C)CCN(c1ccc(C(=N)N)cn1)C1CCCC1. The first-order valence-corrected chi connectivity index (χ1v) is 7.65. The fourth-order valence-electron chi connectivity index (χ4n) is 2.81. The van der Waals surface area contributed by atoms with Crippen molar-refractivity contribution in [2.24, 2.45) is 11.7 Å². The minimum absolute atomic E-state index is 0.0821. The van der Waals surface area contributed by atoms with Gasteiger partial charge in [-0.15, -0.1) is 0 Å². The third-order valence-electron chi connectivity index (χ3n) is 4.07. The molecule has 20 heavy (non-hydrogen) atoms. The summed E-state index contributed by atoms with van der Waals surface area (Å²) < 4.78 is 0. The molecular formula is C16H26N4. The Bertz CT molecular complexity index is 432. The predicted molar refractivity (Wildman–Crippen MR) is 84.3 cm³/mol. The molecule has 1 aliphatic rings. The molecule has 0 aliphatic heterocycles. The van der Waals surface area contributed by atoms with Crippen LogP contribution in [0.3, 0.4) is 0 Å². The maximum atomic E-state index is 7.44. The molecule has 110 valence electrons. The van der Waals surface area contributed by atoms with Gasteiger partial charge in [0.15, 0.2) is 0 Å². The van der Waals surface area contributed by atoms with E-state index in [1.807, 2.05) is 12.1 Å². The first-order chi connectivity index (χ1) is 9.58. The van der Waals surface area contributed by atoms with Gasteiger partial charge in [-0.05, 0) is 37.3 Å². The van der Waals surface area contributed by atoms with Gasteiger partial charge in [0, 0.05) is 24.3 Å². The second-order valence-corrected chi connectivity index (χ2v) is 6.13. The largest absolute Gasteiger partial charge is 0.384 e. The van der Waals surface area contributed by atoms with E-state index in [9.17, 15) is 0 Å². The van der Waals surface area contributed by atoms with Gasteiger partial charge in [-0.2, -0.15) is 0 Å². The van der Waals surface area contributed by atoms with Crippen LogP contribution in [0.1, 0.15) is 51.5 Å². The number of aromatic nitrogens is 1. The lowest BCUT2D eigenvalue weighted by molar-refractivity contribution is 0.525. The quantitative estimate of drug-likeness (QED) is 0.618. The zero-order valence-corrected chi connectivity index (χ0v) is 12.6. The molecule has 1 aliphatic carbocycles. The van der Waals surface area contributed by atoms with Crippen LogP contribution in [0.2, 0.25) is 0 Å². The van der Waals surface area contributed by atoms with Crippen molar-refractivity contribution in [2.75, 3.05) is 11.4 Å². The van der Waals surface area contributed by atoms with E-state index in [2.05, 4.69) is 23.7 Å². The van der Waals surface area contributed by atoms with Crippen LogP contribution in [0.25, 0.3) is 0 Å². The van der Waals surface area contributed by atoms with Gasteiger partial charge < -0.3 is 10.6 Å². The smallest absolute Gasteiger partial charge is 0.128 e. The molecule has 1 heterocycles. The normalized spacial score (nSPS) is 15.8. The van der Waals surface area contributed by atoms with Gasteiger partial charge >= 0.3 is 0 Å². The van der Waals surface area contributed by atoms with Crippen molar-refractivity contribution < 1.29 is 0 Å². The van der Waals surface area contributed by atoms with E-state index in [4.69, 9.17) is 11.1 Å². The Hall–Kier alpha value is -1.58. The number of rotatable bonds is 6. The number of anilines is 1. The zero-order valence-electron chi connectivity index (χ0n) is 12.6. The third-order valence-corrected chi connectivity index (χ3v) is 4.07. The maximum absolute atomic E-state index is 7.44. The summed E-state index contributed by atoms with van der Waals surface area (Å²) in [6.07, 6.45) is 8.10. The number of nitrogens with one attached hydrogen (secondary N) is 1. The summed E-state index contributed by atoms with van der Waals surface area (Å²) in [4.78, 5) is 6.98. The highest BCUT2D eigenvalue weighted by molar-refractivity contribution is 5.94. The number of nitrogen functional groups attached to an aromatic ring is 1. The van der Waals surface area contributed by atoms with E-state index in [1.54, 1.807) is 6.20 Å². The molecule has 2 rings (SSSR count). The molecule has 0 aromatic carbocycles. The van der Waals surface area contributed by atoms with Gasteiger partial charge in [-0.25, -0.2) is 4.98 Å². The minimum Gasteiger partial charge on any atom is -0.384 e. The summed E-state index contributed by atoms with van der Waals surface area (Å²) in [7, 11) is 0. The second-order valence-electron chi connectivity index (χ2n) is 6.13. The average Bonchev–Trinajstić information content (AvgIpc) is 2.93. The molecule has 4 heteroatoms. The van der Waals surface area contributed by atoms with E-state index in [1.165, 1.54) is 32.1 Å².